The first-order chi connectivity index (χ1) is 16.5. The number of rotatable bonds is 5. The van der Waals surface area contributed by atoms with E-state index in [0.717, 1.165) is 28.0 Å². The van der Waals surface area contributed by atoms with E-state index in [-0.39, 0.29) is 18.3 Å². The van der Waals surface area contributed by atoms with Crippen LogP contribution in [0.1, 0.15) is 11.3 Å². The minimum atomic E-state index is -0.251. The summed E-state index contributed by atoms with van der Waals surface area (Å²) in [6.45, 7) is 6.44. The van der Waals surface area contributed by atoms with Crippen LogP contribution in [-0.2, 0) is 4.79 Å². The van der Waals surface area contributed by atoms with Gasteiger partial charge >= 0.3 is 0 Å². The van der Waals surface area contributed by atoms with E-state index >= 15 is 0 Å². The van der Waals surface area contributed by atoms with E-state index in [1.165, 1.54) is 12.1 Å². The Labute approximate surface area is 197 Å². The molecule has 1 amide bonds. The number of anilines is 1. The molecule has 3 heterocycles. The quantitative estimate of drug-likeness (QED) is 0.453. The maximum absolute atomic E-state index is 13.2. The molecule has 34 heavy (non-hydrogen) atoms. The summed E-state index contributed by atoms with van der Waals surface area (Å²) >= 11 is 0. The number of ether oxygens (including phenoxy) is 1. The normalized spacial score (nSPS) is 14.0. The first-order valence-electron chi connectivity index (χ1n) is 11.3. The van der Waals surface area contributed by atoms with Crippen molar-refractivity contribution in [2.75, 3.05) is 37.7 Å². The number of para-hydroxylation sites is 1. The third-order valence-corrected chi connectivity index (χ3v) is 6.15. The molecular formula is C26H26FN5O2. The Morgan fingerprint density at radius 1 is 0.971 bits per heavy atom. The molecule has 0 unspecified atom stereocenters. The zero-order chi connectivity index (χ0) is 23.7. The number of halogens is 1. The average molecular weight is 460 g/mol. The van der Waals surface area contributed by atoms with Crippen LogP contribution in [0.2, 0.25) is 0 Å². The molecule has 8 heteroatoms. The van der Waals surface area contributed by atoms with Crippen molar-refractivity contribution in [2.45, 2.75) is 13.8 Å². The van der Waals surface area contributed by atoms with Crippen molar-refractivity contribution in [1.82, 2.24) is 19.7 Å². The highest BCUT2D eigenvalue weighted by atomic mass is 19.1. The Kier molecular flexibility index (Phi) is 5.88. The van der Waals surface area contributed by atoms with Gasteiger partial charge in [0.2, 0.25) is 5.88 Å². The number of aryl methyl sites for hydroxylation is 2. The van der Waals surface area contributed by atoms with Crippen LogP contribution in [0.25, 0.3) is 16.7 Å². The molecule has 5 rings (SSSR count). The van der Waals surface area contributed by atoms with E-state index in [9.17, 15) is 9.18 Å². The third kappa shape index (κ3) is 4.31. The molecule has 174 valence electrons. The third-order valence-electron chi connectivity index (χ3n) is 6.15. The Balaban J connectivity index is 1.26. The Bertz CT molecular complexity index is 1310. The van der Waals surface area contributed by atoms with Crippen molar-refractivity contribution in [1.29, 1.82) is 0 Å². The fourth-order valence-electron chi connectivity index (χ4n) is 4.39. The number of carbonyl (C=O) groups is 1. The van der Waals surface area contributed by atoms with E-state index in [1.807, 2.05) is 50.2 Å². The van der Waals surface area contributed by atoms with Gasteiger partial charge in [-0.1, -0.05) is 18.2 Å². The lowest BCUT2D eigenvalue weighted by Crippen LogP contribution is -2.50. The smallest absolute Gasteiger partial charge is 0.260 e. The van der Waals surface area contributed by atoms with Gasteiger partial charge in [-0.25, -0.2) is 9.07 Å². The molecule has 7 nitrogen and oxygen atoms in total. The molecule has 0 aliphatic carbocycles. The molecule has 1 fully saturated rings. The molecule has 1 aliphatic rings. The van der Waals surface area contributed by atoms with Gasteiger partial charge in [0.1, 0.15) is 5.82 Å². The highest BCUT2D eigenvalue weighted by molar-refractivity contribution is 5.84. The first kappa shape index (κ1) is 21.9. The Morgan fingerprint density at radius 3 is 2.38 bits per heavy atom. The Hall–Kier alpha value is -3.94. The van der Waals surface area contributed by atoms with Gasteiger partial charge in [0.05, 0.1) is 11.4 Å². The van der Waals surface area contributed by atoms with Gasteiger partial charge in [-0.3, -0.25) is 4.79 Å². The number of pyridine rings is 1. The van der Waals surface area contributed by atoms with Gasteiger partial charge in [-0.05, 0) is 55.8 Å². The predicted molar refractivity (Wildman–Crippen MR) is 129 cm³/mol. The van der Waals surface area contributed by atoms with E-state index in [1.54, 1.807) is 21.7 Å². The summed E-state index contributed by atoms with van der Waals surface area (Å²) in [7, 11) is 0. The number of carbonyl (C=O) groups excluding carboxylic acids is 1. The fourth-order valence-corrected chi connectivity index (χ4v) is 4.39. The van der Waals surface area contributed by atoms with Crippen LogP contribution in [0.3, 0.4) is 0 Å². The fraction of sp³-hybridized carbons (Fsp3) is 0.269. The molecule has 1 saturated heterocycles. The highest BCUT2D eigenvalue weighted by Gasteiger charge is 2.22. The molecule has 2 aromatic heterocycles. The van der Waals surface area contributed by atoms with Crippen LogP contribution in [0.15, 0.2) is 60.7 Å². The van der Waals surface area contributed by atoms with Crippen molar-refractivity contribution in [2.24, 2.45) is 0 Å². The molecule has 0 spiro atoms. The van der Waals surface area contributed by atoms with Crippen molar-refractivity contribution < 1.29 is 13.9 Å². The summed E-state index contributed by atoms with van der Waals surface area (Å²) in [5, 5.41) is 5.65. The summed E-state index contributed by atoms with van der Waals surface area (Å²) in [5.41, 5.74) is 4.48. The second kappa shape index (κ2) is 9.13. The Morgan fingerprint density at radius 2 is 1.68 bits per heavy atom. The van der Waals surface area contributed by atoms with Crippen molar-refractivity contribution in [3.05, 3.63) is 77.7 Å². The molecule has 0 radical (unpaired) electrons. The van der Waals surface area contributed by atoms with Crippen LogP contribution in [0.4, 0.5) is 10.1 Å². The summed E-state index contributed by atoms with van der Waals surface area (Å²) in [6.07, 6.45) is 0. The maximum Gasteiger partial charge on any atom is 0.260 e. The molecule has 0 saturated carbocycles. The predicted octanol–water partition coefficient (Wildman–Crippen LogP) is 3.90. The van der Waals surface area contributed by atoms with E-state index < -0.39 is 0 Å². The second-order valence-corrected chi connectivity index (χ2v) is 8.44. The second-order valence-electron chi connectivity index (χ2n) is 8.44. The number of benzene rings is 2. The van der Waals surface area contributed by atoms with E-state index in [2.05, 4.69) is 15.0 Å². The van der Waals surface area contributed by atoms with Gasteiger partial charge in [-0.15, -0.1) is 0 Å². The highest BCUT2D eigenvalue weighted by Crippen LogP contribution is 2.26. The number of hydrogen-bond donors (Lipinski definition) is 0. The molecule has 0 bridgehead atoms. The zero-order valence-electron chi connectivity index (χ0n) is 19.2. The van der Waals surface area contributed by atoms with Gasteiger partial charge in [0.25, 0.3) is 5.91 Å². The van der Waals surface area contributed by atoms with Gasteiger partial charge in [0, 0.05) is 43.3 Å². The van der Waals surface area contributed by atoms with Gasteiger partial charge in [-0.2, -0.15) is 10.1 Å². The summed E-state index contributed by atoms with van der Waals surface area (Å²) < 4.78 is 20.8. The number of aromatic nitrogens is 3. The minimum Gasteiger partial charge on any atom is -0.467 e. The molecular weight excluding hydrogens is 433 g/mol. The van der Waals surface area contributed by atoms with Crippen LogP contribution in [0.5, 0.6) is 5.88 Å². The van der Waals surface area contributed by atoms with Crippen molar-refractivity contribution >= 4 is 22.6 Å². The molecule has 0 N–H and O–H groups in total. The van der Waals surface area contributed by atoms with Crippen molar-refractivity contribution in [3.8, 4) is 11.6 Å². The molecule has 2 aromatic carbocycles. The monoisotopic (exact) mass is 459 g/mol. The largest absolute Gasteiger partial charge is 0.467 e. The van der Waals surface area contributed by atoms with E-state index in [0.29, 0.717) is 37.7 Å². The molecule has 1 aliphatic heterocycles. The number of fused-ring (bicyclic) bond motifs is 1. The molecule has 0 atom stereocenters. The van der Waals surface area contributed by atoms with Crippen LogP contribution in [0, 0.1) is 19.7 Å². The first-order valence-corrected chi connectivity index (χ1v) is 11.3. The number of amides is 1. The maximum atomic E-state index is 13.2. The van der Waals surface area contributed by atoms with Crippen LogP contribution >= 0.6 is 0 Å². The lowest BCUT2D eigenvalue weighted by Gasteiger charge is -2.36. The summed E-state index contributed by atoms with van der Waals surface area (Å²) in [6, 6.07) is 18.1. The van der Waals surface area contributed by atoms with E-state index in [4.69, 9.17) is 4.74 Å². The number of nitrogens with zero attached hydrogens (tertiary/aromatic N) is 5. The summed E-state index contributed by atoms with van der Waals surface area (Å²) in [5.74, 6) is 0.0742. The van der Waals surface area contributed by atoms with Gasteiger partial charge < -0.3 is 14.5 Å². The number of piperazine rings is 1. The standard InChI is InChI=1S/C26H26FN5O2/c1-18-16-23(28-26-25(18)19(2)29-32(26)22-6-4-3-5-7-22)34-17-24(33)31-14-12-30(13-15-31)21-10-8-20(27)9-11-21/h3-11,16H,12-15,17H2,1-2H3. The van der Waals surface area contributed by atoms with Crippen molar-refractivity contribution in [3.63, 3.8) is 0 Å². The van der Waals surface area contributed by atoms with Gasteiger partial charge in [0.15, 0.2) is 12.3 Å². The number of hydrogen-bond acceptors (Lipinski definition) is 5. The SMILES string of the molecule is Cc1cc(OCC(=O)N2CCN(c3ccc(F)cc3)CC2)nc2c1c(C)nn2-c1ccccc1. The lowest BCUT2D eigenvalue weighted by molar-refractivity contribution is -0.133. The average Bonchev–Trinajstić information content (AvgIpc) is 3.20. The minimum absolute atomic E-state index is 0.0764. The lowest BCUT2D eigenvalue weighted by atomic mass is 10.2. The zero-order valence-corrected chi connectivity index (χ0v) is 19.2. The topological polar surface area (TPSA) is 63.5 Å². The van der Waals surface area contributed by atoms with Crippen LogP contribution < -0.4 is 9.64 Å². The molecule has 4 aromatic rings. The summed E-state index contributed by atoms with van der Waals surface area (Å²) in [4.78, 5) is 21.4. The van der Waals surface area contributed by atoms with Crippen LogP contribution in [-0.4, -0.2) is 58.4 Å².